The number of benzene rings is 2. The van der Waals surface area contributed by atoms with Gasteiger partial charge in [-0.15, -0.1) is 0 Å². The third-order valence-electron chi connectivity index (χ3n) is 2.62. The van der Waals surface area contributed by atoms with E-state index in [0.717, 1.165) is 9.79 Å². The van der Waals surface area contributed by atoms with Crippen molar-refractivity contribution in [3.05, 3.63) is 52.0 Å². The molecule has 6 heteroatoms. The monoisotopic (exact) mass is 326 g/mol. The molecule has 0 radical (unpaired) electrons. The molecule has 2 rings (SSSR count). The minimum atomic E-state index is -0.163. The van der Waals surface area contributed by atoms with Crippen LogP contribution in [0.5, 0.6) is 0 Å². The van der Waals surface area contributed by atoms with Crippen LogP contribution in [0, 0.1) is 0 Å². The Morgan fingerprint density at radius 1 is 1.15 bits per heavy atom. The van der Waals surface area contributed by atoms with Gasteiger partial charge in [0.15, 0.2) is 0 Å². The summed E-state index contributed by atoms with van der Waals surface area (Å²) in [5.41, 5.74) is 7.06. The lowest BCUT2D eigenvalue weighted by atomic mass is 10.2. The number of nitrogens with one attached hydrogen (secondary N) is 1. The van der Waals surface area contributed by atoms with Crippen LogP contribution < -0.4 is 11.1 Å². The molecule has 0 heterocycles. The number of amides is 1. The predicted molar refractivity (Wildman–Crippen MR) is 84.8 cm³/mol. The van der Waals surface area contributed by atoms with E-state index in [-0.39, 0.29) is 5.91 Å². The standard InChI is InChI=1S/C14H12Cl2N2OS/c1-18-14(19)8-2-5-11(17)13(6-8)20-12-7-9(15)3-4-10(12)16/h2-7H,17H2,1H3,(H,18,19). The molecule has 1 amide bonds. The fourth-order valence-corrected chi connectivity index (χ4v) is 3.01. The van der Waals surface area contributed by atoms with Crippen molar-refractivity contribution in [1.29, 1.82) is 0 Å². The fourth-order valence-electron chi connectivity index (χ4n) is 1.58. The van der Waals surface area contributed by atoms with Crippen LogP contribution in [0.3, 0.4) is 0 Å². The van der Waals surface area contributed by atoms with Gasteiger partial charge in [-0.2, -0.15) is 0 Å². The molecule has 0 aliphatic carbocycles. The molecular formula is C14H12Cl2N2OS. The summed E-state index contributed by atoms with van der Waals surface area (Å²) >= 11 is 13.5. The van der Waals surface area contributed by atoms with Gasteiger partial charge in [0, 0.05) is 33.1 Å². The van der Waals surface area contributed by atoms with Gasteiger partial charge in [0.2, 0.25) is 0 Å². The molecule has 20 heavy (non-hydrogen) atoms. The highest BCUT2D eigenvalue weighted by molar-refractivity contribution is 7.99. The second-order valence-corrected chi connectivity index (χ2v) is 5.94. The topological polar surface area (TPSA) is 55.1 Å². The number of hydrogen-bond donors (Lipinski definition) is 2. The van der Waals surface area contributed by atoms with E-state index in [4.69, 9.17) is 28.9 Å². The molecule has 104 valence electrons. The third kappa shape index (κ3) is 3.39. The van der Waals surface area contributed by atoms with E-state index in [1.54, 1.807) is 43.4 Å². The van der Waals surface area contributed by atoms with Gasteiger partial charge in [0.25, 0.3) is 5.91 Å². The number of anilines is 1. The van der Waals surface area contributed by atoms with Crippen LogP contribution in [0.25, 0.3) is 0 Å². The van der Waals surface area contributed by atoms with Crippen molar-refractivity contribution >= 4 is 46.6 Å². The summed E-state index contributed by atoms with van der Waals surface area (Å²) in [5.74, 6) is -0.163. The molecule has 0 atom stereocenters. The minimum Gasteiger partial charge on any atom is -0.398 e. The second kappa shape index (κ2) is 6.39. The van der Waals surface area contributed by atoms with Crippen molar-refractivity contribution in [2.75, 3.05) is 12.8 Å². The lowest BCUT2D eigenvalue weighted by molar-refractivity contribution is 0.0963. The van der Waals surface area contributed by atoms with Crippen LogP contribution in [0.4, 0.5) is 5.69 Å². The Morgan fingerprint density at radius 3 is 2.60 bits per heavy atom. The molecule has 0 aromatic heterocycles. The molecule has 0 aliphatic heterocycles. The average Bonchev–Trinajstić information content (AvgIpc) is 2.44. The molecular weight excluding hydrogens is 315 g/mol. The first-order chi connectivity index (χ1) is 9.51. The first-order valence-corrected chi connectivity index (χ1v) is 7.33. The van der Waals surface area contributed by atoms with Gasteiger partial charge in [-0.25, -0.2) is 0 Å². The molecule has 0 aliphatic rings. The zero-order chi connectivity index (χ0) is 14.7. The van der Waals surface area contributed by atoms with E-state index < -0.39 is 0 Å². The van der Waals surface area contributed by atoms with Crippen molar-refractivity contribution in [3.8, 4) is 0 Å². The summed E-state index contributed by atoms with van der Waals surface area (Å²) in [6.07, 6.45) is 0. The lowest BCUT2D eigenvalue weighted by Gasteiger charge is -2.09. The Morgan fingerprint density at radius 2 is 1.90 bits per heavy atom. The van der Waals surface area contributed by atoms with E-state index >= 15 is 0 Å². The smallest absolute Gasteiger partial charge is 0.251 e. The van der Waals surface area contributed by atoms with E-state index in [1.807, 2.05) is 0 Å². The Labute approximate surface area is 131 Å². The maximum Gasteiger partial charge on any atom is 0.251 e. The SMILES string of the molecule is CNC(=O)c1ccc(N)c(Sc2cc(Cl)ccc2Cl)c1. The highest BCUT2D eigenvalue weighted by Crippen LogP contribution is 2.38. The molecule has 3 N–H and O–H groups in total. The first kappa shape index (κ1) is 15.0. The van der Waals surface area contributed by atoms with Crippen LogP contribution in [-0.2, 0) is 0 Å². The van der Waals surface area contributed by atoms with Crippen molar-refractivity contribution in [2.24, 2.45) is 0 Å². The summed E-state index contributed by atoms with van der Waals surface area (Å²) in [7, 11) is 1.58. The minimum absolute atomic E-state index is 0.163. The van der Waals surface area contributed by atoms with Gasteiger partial charge in [-0.3, -0.25) is 4.79 Å². The lowest BCUT2D eigenvalue weighted by Crippen LogP contribution is -2.17. The molecule has 0 saturated carbocycles. The summed E-state index contributed by atoms with van der Waals surface area (Å²) in [5, 5.41) is 3.76. The van der Waals surface area contributed by atoms with Crippen molar-refractivity contribution in [1.82, 2.24) is 5.32 Å². The summed E-state index contributed by atoms with van der Waals surface area (Å²) < 4.78 is 0. The van der Waals surface area contributed by atoms with Crippen LogP contribution >= 0.6 is 35.0 Å². The Kier molecular flexibility index (Phi) is 4.81. The largest absolute Gasteiger partial charge is 0.398 e. The second-order valence-electron chi connectivity index (χ2n) is 4.01. The van der Waals surface area contributed by atoms with Gasteiger partial charge in [-0.1, -0.05) is 35.0 Å². The zero-order valence-electron chi connectivity index (χ0n) is 10.6. The molecule has 0 unspecified atom stereocenters. The number of carbonyl (C=O) groups is 1. The summed E-state index contributed by atoms with van der Waals surface area (Å²) in [6, 6.07) is 10.3. The number of nitrogen functional groups attached to an aromatic ring is 1. The van der Waals surface area contributed by atoms with E-state index in [0.29, 0.717) is 21.3 Å². The maximum atomic E-state index is 11.6. The van der Waals surface area contributed by atoms with E-state index in [9.17, 15) is 4.79 Å². The van der Waals surface area contributed by atoms with Gasteiger partial charge >= 0.3 is 0 Å². The summed E-state index contributed by atoms with van der Waals surface area (Å²) in [4.78, 5) is 13.2. The van der Waals surface area contributed by atoms with Gasteiger partial charge < -0.3 is 11.1 Å². The highest BCUT2D eigenvalue weighted by Gasteiger charge is 2.10. The van der Waals surface area contributed by atoms with E-state index in [1.165, 1.54) is 11.8 Å². The molecule has 2 aromatic carbocycles. The quantitative estimate of drug-likeness (QED) is 0.835. The van der Waals surface area contributed by atoms with E-state index in [2.05, 4.69) is 5.32 Å². The normalized spacial score (nSPS) is 10.3. The Balaban J connectivity index is 2.37. The van der Waals surface area contributed by atoms with Crippen LogP contribution in [0.1, 0.15) is 10.4 Å². The molecule has 0 bridgehead atoms. The number of halogens is 2. The number of hydrogen-bond acceptors (Lipinski definition) is 3. The molecule has 2 aromatic rings. The first-order valence-electron chi connectivity index (χ1n) is 5.76. The van der Waals surface area contributed by atoms with Crippen molar-refractivity contribution in [3.63, 3.8) is 0 Å². The Bertz CT molecular complexity index is 662. The molecule has 0 spiro atoms. The summed E-state index contributed by atoms with van der Waals surface area (Å²) in [6.45, 7) is 0. The van der Waals surface area contributed by atoms with Gasteiger partial charge in [0.1, 0.15) is 0 Å². The zero-order valence-corrected chi connectivity index (χ0v) is 12.9. The van der Waals surface area contributed by atoms with Crippen LogP contribution in [0.15, 0.2) is 46.2 Å². The highest BCUT2D eigenvalue weighted by atomic mass is 35.5. The van der Waals surface area contributed by atoms with Gasteiger partial charge in [0.05, 0.1) is 5.02 Å². The van der Waals surface area contributed by atoms with Crippen LogP contribution in [-0.4, -0.2) is 13.0 Å². The average molecular weight is 327 g/mol. The molecule has 3 nitrogen and oxygen atoms in total. The molecule has 0 saturated heterocycles. The maximum absolute atomic E-state index is 11.6. The van der Waals surface area contributed by atoms with Crippen molar-refractivity contribution in [2.45, 2.75) is 9.79 Å². The van der Waals surface area contributed by atoms with Crippen LogP contribution in [0.2, 0.25) is 10.0 Å². The van der Waals surface area contributed by atoms with Gasteiger partial charge in [-0.05, 0) is 36.4 Å². The third-order valence-corrected chi connectivity index (χ3v) is 4.42. The Hall–Kier alpha value is -1.36. The predicted octanol–water partition coefficient (Wildman–Crippen LogP) is 4.09. The van der Waals surface area contributed by atoms with Crippen molar-refractivity contribution < 1.29 is 4.79 Å². The fraction of sp³-hybridized carbons (Fsp3) is 0.0714. The number of rotatable bonds is 3. The number of nitrogens with two attached hydrogens (primary N) is 1. The number of carbonyl (C=O) groups excluding carboxylic acids is 1. The molecule has 0 fully saturated rings.